The zero-order chi connectivity index (χ0) is 16.0. The van der Waals surface area contributed by atoms with E-state index in [4.69, 9.17) is 9.47 Å². The third-order valence-corrected chi connectivity index (χ3v) is 3.84. The molecule has 1 heterocycles. The number of hydrogen-bond acceptors (Lipinski definition) is 4. The average Bonchev–Trinajstić information content (AvgIpc) is 2.83. The highest BCUT2D eigenvalue weighted by atomic mass is 16.6. The summed E-state index contributed by atoms with van der Waals surface area (Å²) in [5, 5.41) is 0. The Kier molecular flexibility index (Phi) is 5.36. The van der Waals surface area contributed by atoms with Gasteiger partial charge in [-0.05, 0) is 25.0 Å². The predicted octanol–water partition coefficient (Wildman–Crippen LogP) is 3.71. The van der Waals surface area contributed by atoms with E-state index in [0.29, 0.717) is 12.2 Å². The molecule has 1 saturated heterocycles. The van der Waals surface area contributed by atoms with Crippen LogP contribution < -0.4 is 0 Å². The first-order valence-electron chi connectivity index (χ1n) is 7.77. The van der Waals surface area contributed by atoms with Gasteiger partial charge in [-0.2, -0.15) is 0 Å². The second-order valence-corrected chi connectivity index (χ2v) is 5.49. The quantitative estimate of drug-likeness (QED) is 0.593. The fourth-order valence-corrected chi connectivity index (χ4v) is 2.63. The third-order valence-electron chi connectivity index (χ3n) is 3.84. The molecule has 1 aromatic carbocycles. The van der Waals surface area contributed by atoms with E-state index in [0.717, 1.165) is 18.4 Å². The van der Waals surface area contributed by atoms with Crippen molar-refractivity contribution in [2.45, 2.75) is 39.5 Å². The minimum Gasteiger partial charge on any atom is -0.465 e. The van der Waals surface area contributed by atoms with Gasteiger partial charge in [-0.1, -0.05) is 50.1 Å². The van der Waals surface area contributed by atoms with Gasteiger partial charge in [0.05, 0.1) is 6.61 Å². The van der Waals surface area contributed by atoms with E-state index in [2.05, 4.69) is 0 Å². The number of benzene rings is 1. The summed E-state index contributed by atoms with van der Waals surface area (Å²) >= 11 is 0. The molecule has 1 aromatic rings. The van der Waals surface area contributed by atoms with Crippen molar-refractivity contribution in [1.29, 1.82) is 0 Å². The molecule has 0 spiro atoms. The molecular weight excluding hydrogens is 280 g/mol. The highest BCUT2D eigenvalue weighted by molar-refractivity contribution is 6.02. The molecule has 4 nitrogen and oxygen atoms in total. The lowest BCUT2D eigenvalue weighted by Crippen LogP contribution is -2.37. The molecule has 4 heteroatoms. The van der Waals surface area contributed by atoms with Crippen LogP contribution in [0.25, 0.3) is 6.08 Å². The van der Waals surface area contributed by atoms with Crippen molar-refractivity contribution < 1.29 is 19.1 Å². The van der Waals surface area contributed by atoms with Crippen LogP contribution in [0.4, 0.5) is 0 Å². The minimum absolute atomic E-state index is 0.262. The molecule has 2 rings (SSSR count). The molecule has 1 fully saturated rings. The number of hydrogen-bond donors (Lipinski definition) is 0. The highest BCUT2D eigenvalue weighted by Crippen LogP contribution is 2.42. The lowest BCUT2D eigenvalue weighted by Gasteiger charge is -2.21. The summed E-state index contributed by atoms with van der Waals surface area (Å²) in [6.07, 6.45) is 4.25. The van der Waals surface area contributed by atoms with Crippen LogP contribution in [0.3, 0.4) is 0 Å². The van der Waals surface area contributed by atoms with Gasteiger partial charge in [0.2, 0.25) is 0 Å². The van der Waals surface area contributed by atoms with Crippen LogP contribution >= 0.6 is 0 Å². The Morgan fingerprint density at radius 2 is 2.05 bits per heavy atom. The first kappa shape index (κ1) is 16.3. The Balaban J connectivity index is 2.25. The Hall–Kier alpha value is -2.10. The van der Waals surface area contributed by atoms with E-state index in [1.165, 1.54) is 0 Å². The second-order valence-electron chi connectivity index (χ2n) is 5.49. The molecule has 1 unspecified atom stereocenters. The van der Waals surface area contributed by atoms with Crippen LogP contribution in [-0.4, -0.2) is 18.5 Å². The van der Waals surface area contributed by atoms with Gasteiger partial charge in [0.1, 0.15) is 5.76 Å². The molecule has 1 atom stereocenters. The van der Waals surface area contributed by atoms with Gasteiger partial charge in [0, 0.05) is 6.42 Å². The second kappa shape index (κ2) is 7.25. The number of unbranched alkanes of at least 4 members (excludes halogenated alkanes) is 1. The summed E-state index contributed by atoms with van der Waals surface area (Å²) in [6, 6.07) is 9.61. The SMILES string of the molecule is CCCCC1(C(=O)OCC)C/C(=C/c2ccccc2)OC1=O. The van der Waals surface area contributed by atoms with Crippen molar-refractivity contribution in [1.82, 2.24) is 0 Å². The van der Waals surface area contributed by atoms with Crippen LogP contribution in [0.5, 0.6) is 0 Å². The van der Waals surface area contributed by atoms with Gasteiger partial charge in [-0.3, -0.25) is 9.59 Å². The normalized spacial score (nSPS) is 22.6. The molecule has 118 valence electrons. The largest absolute Gasteiger partial charge is 0.465 e. The number of allylic oxidation sites excluding steroid dienone is 1. The zero-order valence-electron chi connectivity index (χ0n) is 13.1. The minimum atomic E-state index is -1.17. The lowest BCUT2D eigenvalue weighted by atomic mass is 9.80. The lowest BCUT2D eigenvalue weighted by molar-refractivity contribution is -0.164. The van der Waals surface area contributed by atoms with Gasteiger partial charge in [0.25, 0.3) is 0 Å². The third kappa shape index (κ3) is 3.38. The Bertz CT molecular complexity index is 562. The number of carbonyl (C=O) groups is 2. The number of ether oxygens (including phenoxy) is 2. The van der Waals surface area contributed by atoms with E-state index in [1.54, 1.807) is 6.92 Å². The molecule has 0 aliphatic carbocycles. The summed E-state index contributed by atoms with van der Waals surface area (Å²) in [5.74, 6) is -0.424. The topological polar surface area (TPSA) is 52.6 Å². The molecule has 0 N–H and O–H groups in total. The number of carbonyl (C=O) groups excluding carboxylic acids is 2. The van der Waals surface area contributed by atoms with E-state index in [-0.39, 0.29) is 13.0 Å². The fraction of sp³-hybridized carbons (Fsp3) is 0.444. The Morgan fingerprint density at radius 3 is 2.68 bits per heavy atom. The molecule has 1 aliphatic heterocycles. The van der Waals surface area contributed by atoms with Gasteiger partial charge in [-0.15, -0.1) is 0 Å². The van der Waals surface area contributed by atoms with Crippen molar-refractivity contribution in [3.8, 4) is 0 Å². The van der Waals surface area contributed by atoms with Crippen LogP contribution in [0.1, 0.15) is 45.1 Å². The highest BCUT2D eigenvalue weighted by Gasteiger charge is 2.54. The number of esters is 2. The maximum Gasteiger partial charge on any atom is 0.329 e. The molecule has 0 aromatic heterocycles. The van der Waals surface area contributed by atoms with Crippen molar-refractivity contribution >= 4 is 18.0 Å². The van der Waals surface area contributed by atoms with Crippen LogP contribution in [0.15, 0.2) is 36.1 Å². The zero-order valence-corrected chi connectivity index (χ0v) is 13.1. The summed E-state index contributed by atoms with van der Waals surface area (Å²) < 4.78 is 10.5. The van der Waals surface area contributed by atoms with Gasteiger partial charge < -0.3 is 9.47 Å². The van der Waals surface area contributed by atoms with Gasteiger partial charge in [-0.25, -0.2) is 0 Å². The van der Waals surface area contributed by atoms with Crippen molar-refractivity contribution in [3.63, 3.8) is 0 Å². The van der Waals surface area contributed by atoms with Crippen LogP contribution in [0, 0.1) is 5.41 Å². The van der Waals surface area contributed by atoms with E-state index < -0.39 is 17.4 Å². The van der Waals surface area contributed by atoms with E-state index >= 15 is 0 Å². The summed E-state index contributed by atoms with van der Waals surface area (Å²) in [5.41, 5.74) is -0.229. The molecular formula is C18H22O4. The number of rotatable bonds is 6. The average molecular weight is 302 g/mol. The molecule has 22 heavy (non-hydrogen) atoms. The Morgan fingerprint density at radius 1 is 1.32 bits per heavy atom. The smallest absolute Gasteiger partial charge is 0.329 e. The summed E-state index contributed by atoms with van der Waals surface area (Å²) in [6.45, 7) is 4.03. The predicted molar refractivity (Wildman–Crippen MR) is 83.7 cm³/mol. The van der Waals surface area contributed by atoms with E-state index in [1.807, 2.05) is 43.3 Å². The molecule has 0 bridgehead atoms. The maximum atomic E-state index is 12.4. The first-order chi connectivity index (χ1) is 10.6. The molecule has 0 amide bonds. The summed E-state index contributed by atoms with van der Waals surface area (Å²) in [7, 11) is 0. The standard InChI is InChI=1S/C18H22O4/c1-3-5-11-18(16(19)21-4-2)13-15(22-17(18)20)12-14-9-7-6-8-10-14/h6-10,12H,3-5,11,13H2,1-2H3/b15-12-. The molecule has 0 saturated carbocycles. The maximum absolute atomic E-state index is 12.4. The van der Waals surface area contributed by atoms with Crippen molar-refractivity contribution in [3.05, 3.63) is 41.7 Å². The molecule has 0 radical (unpaired) electrons. The Labute approximate surface area is 131 Å². The molecule has 1 aliphatic rings. The summed E-state index contributed by atoms with van der Waals surface area (Å²) in [4.78, 5) is 24.7. The van der Waals surface area contributed by atoms with Gasteiger partial charge >= 0.3 is 11.9 Å². The van der Waals surface area contributed by atoms with E-state index in [9.17, 15) is 9.59 Å². The monoisotopic (exact) mass is 302 g/mol. The van der Waals surface area contributed by atoms with Crippen LogP contribution in [-0.2, 0) is 19.1 Å². The van der Waals surface area contributed by atoms with Gasteiger partial charge in [0.15, 0.2) is 5.41 Å². The van der Waals surface area contributed by atoms with Crippen LogP contribution in [0.2, 0.25) is 0 Å². The van der Waals surface area contributed by atoms with Crippen molar-refractivity contribution in [2.75, 3.05) is 6.61 Å². The number of cyclic esters (lactones) is 1. The van der Waals surface area contributed by atoms with Crippen molar-refractivity contribution in [2.24, 2.45) is 5.41 Å². The first-order valence-corrected chi connectivity index (χ1v) is 7.77. The fourth-order valence-electron chi connectivity index (χ4n) is 2.63.